The lowest BCUT2D eigenvalue weighted by Gasteiger charge is -2.21. The van der Waals surface area contributed by atoms with Crippen LogP contribution in [0.15, 0.2) is 30.3 Å². The Hall–Kier alpha value is -0.960. The number of nitrogens with zero attached hydrogens (tertiary/aromatic N) is 1. The van der Waals surface area contributed by atoms with E-state index in [1.807, 2.05) is 23.1 Å². The molecule has 106 valence electrons. The highest BCUT2D eigenvalue weighted by molar-refractivity contribution is 8.12. The fourth-order valence-electron chi connectivity index (χ4n) is 1.80. The van der Waals surface area contributed by atoms with Crippen molar-refractivity contribution in [2.45, 2.75) is 45.3 Å². The van der Waals surface area contributed by atoms with Crippen LogP contribution in [-0.2, 0) is 5.75 Å². The zero-order chi connectivity index (χ0) is 13.9. The highest BCUT2D eigenvalue weighted by atomic mass is 32.2. The van der Waals surface area contributed by atoms with Crippen LogP contribution in [0.2, 0.25) is 0 Å². The van der Waals surface area contributed by atoms with E-state index >= 15 is 0 Å². The molecule has 1 aromatic carbocycles. The number of rotatable bonds is 8. The van der Waals surface area contributed by atoms with E-state index in [0.717, 1.165) is 44.5 Å². The molecule has 0 saturated heterocycles. The van der Waals surface area contributed by atoms with Gasteiger partial charge in [-0.1, -0.05) is 68.8 Å². The average Bonchev–Trinajstić information content (AvgIpc) is 2.46. The first-order valence-electron chi connectivity index (χ1n) is 7.23. The molecule has 0 aliphatic carbocycles. The minimum absolute atomic E-state index is 0.228. The zero-order valence-electron chi connectivity index (χ0n) is 12.1. The molecule has 0 aliphatic rings. The Balaban J connectivity index is 2.41. The molecule has 0 heterocycles. The third-order valence-electron chi connectivity index (χ3n) is 3.03. The van der Waals surface area contributed by atoms with Crippen LogP contribution in [-0.4, -0.2) is 23.2 Å². The highest BCUT2D eigenvalue weighted by Gasteiger charge is 2.12. The van der Waals surface area contributed by atoms with Crippen LogP contribution in [0, 0.1) is 0 Å². The maximum Gasteiger partial charge on any atom is 0.281 e. The van der Waals surface area contributed by atoms with Crippen molar-refractivity contribution >= 4 is 17.0 Å². The first kappa shape index (κ1) is 16.1. The van der Waals surface area contributed by atoms with Crippen LogP contribution < -0.4 is 0 Å². The maximum absolute atomic E-state index is 12.2. The van der Waals surface area contributed by atoms with Gasteiger partial charge in [-0.2, -0.15) is 0 Å². The Morgan fingerprint density at radius 1 is 1.05 bits per heavy atom. The lowest BCUT2D eigenvalue weighted by atomic mass is 10.2. The van der Waals surface area contributed by atoms with Crippen LogP contribution in [0.1, 0.15) is 45.1 Å². The standard InChI is InChI=1S/C16H25NOS/c1-3-5-12-17(13-6-4-2)16(18)19-14-15-10-8-7-9-11-15/h7-11H,3-6,12-14H2,1-2H3. The largest absolute Gasteiger partial charge is 0.334 e. The fourth-order valence-corrected chi connectivity index (χ4v) is 2.65. The highest BCUT2D eigenvalue weighted by Crippen LogP contribution is 2.17. The van der Waals surface area contributed by atoms with Gasteiger partial charge in [-0.25, -0.2) is 0 Å². The van der Waals surface area contributed by atoms with E-state index < -0.39 is 0 Å². The van der Waals surface area contributed by atoms with Gasteiger partial charge >= 0.3 is 0 Å². The molecule has 0 atom stereocenters. The molecule has 1 amide bonds. The third kappa shape index (κ3) is 6.67. The van der Waals surface area contributed by atoms with Crippen LogP contribution >= 0.6 is 11.8 Å². The summed E-state index contributed by atoms with van der Waals surface area (Å²) in [5, 5.41) is 0.228. The smallest absolute Gasteiger partial charge is 0.281 e. The molecule has 0 aromatic heterocycles. The Morgan fingerprint density at radius 3 is 2.16 bits per heavy atom. The van der Waals surface area contributed by atoms with Gasteiger partial charge in [0.1, 0.15) is 0 Å². The van der Waals surface area contributed by atoms with Gasteiger partial charge in [0.15, 0.2) is 0 Å². The summed E-state index contributed by atoms with van der Waals surface area (Å²) in [6.07, 6.45) is 4.47. The number of thioether (sulfide) groups is 1. The lowest BCUT2D eigenvalue weighted by Crippen LogP contribution is -2.29. The Kier molecular flexibility index (Phi) is 8.39. The predicted molar refractivity (Wildman–Crippen MR) is 84.5 cm³/mol. The molecule has 0 saturated carbocycles. The van der Waals surface area contributed by atoms with Crippen molar-refractivity contribution < 1.29 is 4.79 Å². The topological polar surface area (TPSA) is 20.3 Å². The maximum atomic E-state index is 12.2. The van der Waals surface area contributed by atoms with E-state index in [4.69, 9.17) is 0 Å². The number of benzene rings is 1. The van der Waals surface area contributed by atoms with Gasteiger partial charge in [0.2, 0.25) is 0 Å². The average molecular weight is 279 g/mol. The van der Waals surface area contributed by atoms with Gasteiger partial charge in [-0.3, -0.25) is 4.79 Å². The summed E-state index contributed by atoms with van der Waals surface area (Å²) in [4.78, 5) is 14.2. The second-order valence-corrected chi connectivity index (χ2v) is 5.66. The summed E-state index contributed by atoms with van der Waals surface area (Å²) in [5.41, 5.74) is 1.21. The third-order valence-corrected chi connectivity index (χ3v) is 4.01. The predicted octanol–water partition coefficient (Wildman–Crippen LogP) is 4.94. The van der Waals surface area contributed by atoms with Gasteiger partial charge in [-0.15, -0.1) is 0 Å². The fraction of sp³-hybridized carbons (Fsp3) is 0.562. The Labute approximate surface area is 121 Å². The zero-order valence-corrected chi connectivity index (χ0v) is 12.9. The lowest BCUT2D eigenvalue weighted by molar-refractivity contribution is 0.221. The molecule has 0 fully saturated rings. The van der Waals surface area contributed by atoms with Crippen molar-refractivity contribution in [1.82, 2.24) is 4.90 Å². The molecule has 1 aromatic rings. The number of hydrogen-bond donors (Lipinski definition) is 0. The summed E-state index contributed by atoms with van der Waals surface area (Å²) in [5.74, 6) is 0.772. The van der Waals surface area contributed by atoms with Crippen molar-refractivity contribution in [2.24, 2.45) is 0 Å². The van der Waals surface area contributed by atoms with Crippen molar-refractivity contribution in [1.29, 1.82) is 0 Å². The van der Waals surface area contributed by atoms with Gasteiger partial charge in [-0.05, 0) is 18.4 Å². The minimum atomic E-state index is 0.228. The second-order valence-electron chi connectivity index (χ2n) is 4.73. The SMILES string of the molecule is CCCCN(CCCC)C(=O)SCc1ccccc1. The van der Waals surface area contributed by atoms with E-state index in [0.29, 0.717) is 0 Å². The molecule has 2 nitrogen and oxygen atoms in total. The van der Waals surface area contributed by atoms with Gasteiger partial charge in [0.25, 0.3) is 5.24 Å². The van der Waals surface area contributed by atoms with E-state index in [1.165, 1.54) is 17.3 Å². The van der Waals surface area contributed by atoms with Crippen LogP contribution in [0.25, 0.3) is 0 Å². The molecule has 0 spiro atoms. The van der Waals surface area contributed by atoms with E-state index in [-0.39, 0.29) is 5.24 Å². The number of hydrogen-bond acceptors (Lipinski definition) is 2. The van der Waals surface area contributed by atoms with Crippen LogP contribution in [0.5, 0.6) is 0 Å². The van der Waals surface area contributed by atoms with E-state index in [9.17, 15) is 4.79 Å². The first-order chi connectivity index (χ1) is 9.27. The molecule has 3 heteroatoms. The van der Waals surface area contributed by atoms with Gasteiger partial charge < -0.3 is 4.90 Å². The summed E-state index contributed by atoms with van der Waals surface area (Å²) >= 11 is 1.43. The number of amides is 1. The molecule has 0 unspecified atom stereocenters. The van der Waals surface area contributed by atoms with Gasteiger partial charge in [0, 0.05) is 18.8 Å². The summed E-state index contributed by atoms with van der Waals surface area (Å²) in [6, 6.07) is 10.2. The quantitative estimate of drug-likeness (QED) is 0.671. The molecule has 19 heavy (non-hydrogen) atoms. The molecular formula is C16H25NOS. The van der Waals surface area contributed by atoms with Crippen LogP contribution in [0.3, 0.4) is 0 Å². The second kappa shape index (κ2) is 9.90. The Morgan fingerprint density at radius 2 is 1.63 bits per heavy atom. The molecule has 0 aliphatic heterocycles. The number of carbonyl (C=O) groups excluding carboxylic acids is 1. The van der Waals surface area contributed by atoms with E-state index in [2.05, 4.69) is 26.0 Å². The minimum Gasteiger partial charge on any atom is -0.334 e. The molecule has 0 bridgehead atoms. The summed E-state index contributed by atoms with van der Waals surface area (Å²) in [6.45, 7) is 6.13. The van der Waals surface area contributed by atoms with Crippen LogP contribution in [0.4, 0.5) is 4.79 Å². The molecule has 0 radical (unpaired) electrons. The summed E-state index contributed by atoms with van der Waals surface area (Å²) < 4.78 is 0. The van der Waals surface area contributed by atoms with Gasteiger partial charge in [0.05, 0.1) is 0 Å². The monoisotopic (exact) mass is 279 g/mol. The van der Waals surface area contributed by atoms with Crippen molar-refractivity contribution in [3.8, 4) is 0 Å². The van der Waals surface area contributed by atoms with Crippen molar-refractivity contribution in [3.05, 3.63) is 35.9 Å². The van der Waals surface area contributed by atoms with Crippen molar-refractivity contribution in [3.63, 3.8) is 0 Å². The molecular weight excluding hydrogens is 254 g/mol. The number of carbonyl (C=O) groups is 1. The van der Waals surface area contributed by atoms with E-state index in [1.54, 1.807) is 0 Å². The normalized spacial score (nSPS) is 10.4. The molecule has 1 rings (SSSR count). The first-order valence-corrected chi connectivity index (χ1v) is 8.22. The molecule has 0 N–H and O–H groups in total. The summed E-state index contributed by atoms with van der Waals surface area (Å²) in [7, 11) is 0. The Bertz CT molecular complexity index is 345. The number of unbranched alkanes of at least 4 members (excludes halogenated alkanes) is 2. The van der Waals surface area contributed by atoms with Crippen molar-refractivity contribution in [2.75, 3.05) is 13.1 Å².